The Labute approximate surface area is 279 Å². The highest BCUT2D eigenvalue weighted by Crippen LogP contribution is 2.38. The van der Waals surface area contributed by atoms with E-state index in [4.69, 9.17) is 9.40 Å². The second-order valence-electron chi connectivity index (χ2n) is 12.1. The monoisotopic (exact) mass is 614 g/mol. The molecule has 0 aliphatic heterocycles. The van der Waals surface area contributed by atoms with Gasteiger partial charge in [-0.25, -0.2) is 4.98 Å². The summed E-state index contributed by atoms with van der Waals surface area (Å²) in [5.74, 6) is 0.635. The molecule has 0 bridgehead atoms. The molecule has 0 amide bonds. The van der Waals surface area contributed by atoms with E-state index >= 15 is 0 Å². The van der Waals surface area contributed by atoms with Crippen LogP contribution < -0.4 is 4.90 Å². The highest BCUT2D eigenvalue weighted by Gasteiger charge is 2.15. The molecule has 1 aromatic heterocycles. The van der Waals surface area contributed by atoms with Crippen LogP contribution in [-0.4, -0.2) is 4.98 Å². The molecule has 0 unspecified atom stereocenters. The second kappa shape index (κ2) is 11.7. The highest BCUT2D eigenvalue weighted by molar-refractivity contribution is 6.05. The zero-order valence-electron chi connectivity index (χ0n) is 26.1. The van der Waals surface area contributed by atoms with E-state index in [1.807, 2.05) is 6.07 Å². The Morgan fingerprint density at radius 3 is 1.62 bits per heavy atom. The smallest absolute Gasteiger partial charge is 0.227 e. The standard InChI is InChI=1S/C45H30N2O/c1-3-9-31(10-4-1)33-19-24-40(25-20-33)47(39-13-5-2-6-14-39)41-26-21-34(22-27-41)37-17-16-35-23-28-43-44(42(35)30-37)48-45(46-43)38-18-15-32-11-7-8-12-36(32)29-38/h1-30H. The maximum Gasteiger partial charge on any atom is 0.227 e. The van der Waals surface area contributed by atoms with Crippen LogP contribution in [0.3, 0.4) is 0 Å². The predicted molar refractivity (Wildman–Crippen MR) is 200 cm³/mol. The van der Waals surface area contributed by atoms with Crippen molar-refractivity contribution in [1.29, 1.82) is 0 Å². The van der Waals surface area contributed by atoms with Gasteiger partial charge in [0.15, 0.2) is 5.58 Å². The molecule has 0 saturated heterocycles. The number of fused-ring (bicyclic) bond motifs is 4. The molecular weight excluding hydrogens is 585 g/mol. The summed E-state index contributed by atoms with van der Waals surface area (Å²) in [4.78, 5) is 7.18. The van der Waals surface area contributed by atoms with Gasteiger partial charge in [0, 0.05) is 28.0 Å². The van der Waals surface area contributed by atoms with Gasteiger partial charge < -0.3 is 9.32 Å². The Bertz CT molecular complexity index is 2540. The second-order valence-corrected chi connectivity index (χ2v) is 12.1. The third-order valence-corrected chi connectivity index (χ3v) is 9.07. The molecule has 3 heteroatoms. The lowest BCUT2D eigenvalue weighted by molar-refractivity contribution is 0.623. The summed E-state index contributed by atoms with van der Waals surface area (Å²) in [6.07, 6.45) is 0. The Balaban J connectivity index is 1.07. The van der Waals surface area contributed by atoms with Crippen LogP contribution in [-0.2, 0) is 0 Å². The molecule has 3 nitrogen and oxygen atoms in total. The first-order valence-electron chi connectivity index (χ1n) is 16.2. The summed E-state index contributed by atoms with van der Waals surface area (Å²) in [7, 11) is 0. The van der Waals surface area contributed by atoms with E-state index in [0.29, 0.717) is 5.89 Å². The predicted octanol–water partition coefficient (Wildman–Crippen LogP) is 12.6. The average molecular weight is 615 g/mol. The van der Waals surface area contributed by atoms with Crippen LogP contribution in [0.5, 0.6) is 0 Å². The lowest BCUT2D eigenvalue weighted by Crippen LogP contribution is -2.09. The molecule has 0 N–H and O–H groups in total. The van der Waals surface area contributed by atoms with Gasteiger partial charge in [-0.15, -0.1) is 0 Å². The molecule has 226 valence electrons. The van der Waals surface area contributed by atoms with Crippen molar-refractivity contribution in [2.24, 2.45) is 0 Å². The Morgan fingerprint density at radius 2 is 0.896 bits per heavy atom. The molecule has 1 heterocycles. The first kappa shape index (κ1) is 27.8. The van der Waals surface area contributed by atoms with E-state index in [0.717, 1.165) is 55.6 Å². The van der Waals surface area contributed by atoms with Crippen molar-refractivity contribution >= 4 is 49.7 Å². The van der Waals surface area contributed by atoms with Crippen molar-refractivity contribution in [3.63, 3.8) is 0 Å². The number of benzene rings is 8. The summed E-state index contributed by atoms with van der Waals surface area (Å²) in [6, 6.07) is 64.0. The SMILES string of the molecule is c1ccc(-c2ccc(N(c3ccccc3)c3ccc(-c4ccc5ccc6nc(-c7ccc8ccccc8c7)oc6c5c4)cc3)cc2)cc1. The van der Waals surface area contributed by atoms with Crippen LogP contribution in [0.15, 0.2) is 186 Å². The van der Waals surface area contributed by atoms with Crippen molar-refractivity contribution in [2.45, 2.75) is 0 Å². The maximum absolute atomic E-state index is 6.47. The number of aromatic nitrogens is 1. The van der Waals surface area contributed by atoms with Gasteiger partial charge in [-0.1, -0.05) is 121 Å². The third-order valence-electron chi connectivity index (χ3n) is 9.07. The van der Waals surface area contributed by atoms with Gasteiger partial charge in [0.25, 0.3) is 0 Å². The van der Waals surface area contributed by atoms with Crippen molar-refractivity contribution in [3.05, 3.63) is 182 Å². The van der Waals surface area contributed by atoms with Gasteiger partial charge in [-0.05, 0) is 99.1 Å². The number of hydrogen-bond acceptors (Lipinski definition) is 3. The maximum atomic E-state index is 6.47. The molecule has 9 aromatic rings. The molecule has 0 fully saturated rings. The lowest BCUT2D eigenvalue weighted by atomic mass is 10.00. The first-order chi connectivity index (χ1) is 23.8. The van der Waals surface area contributed by atoms with Gasteiger partial charge in [0.2, 0.25) is 5.89 Å². The third kappa shape index (κ3) is 5.08. The minimum absolute atomic E-state index is 0.635. The van der Waals surface area contributed by atoms with E-state index in [2.05, 4.69) is 181 Å². The average Bonchev–Trinajstić information content (AvgIpc) is 3.61. The zero-order chi connectivity index (χ0) is 31.9. The van der Waals surface area contributed by atoms with E-state index < -0.39 is 0 Å². The van der Waals surface area contributed by atoms with E-state index in [1.54, 1.807) is 0 Å². The summed E-state index contributed by atoms with van der Waals surface area (Å²) in [5, 5.41) is 4.55. The molecule has 0 aliphatic carbocycles. The number of anilines is 3. The number of rotatable bonds is 6. The van der Waals surface area contributed by atoms with Gasteiger partial charge in [-0.2, -0.15) is 0 Å². The molecule has 0 atom stereocenters. The van der Waals surface area contributed by atoms with Crippen molar-refractivity contribution in [2.75, 3.05) is 4.90 Å². The zero-order valence-corrected chi connectivity index (χ0v) is 26.1. The number of hydrogen-bond donors (Lipinski definition) is 0. The van der Waals surface area contributed by atoms with E-state index in [-0.39, 0.29) is 0 Å². The Hall–Kier alpha value is -6.45. The van der Waals surface area contributed by atoms with Gasteiger partial charge >= 0.3 is 0 Å². The molecule has 0 spiro atoms. The normalized spacial score (nSPS) is 11.3. The molecule has 9 rings (SSSR count). The fourth-order valence-corrected chi connectivity index (χ4v) is 6.59. The number of nitrogens with zero attached hydrogens (tertiary/aromatic N) is 2. The quantitative estimate of drug-likeness (QED) is 0.187. The largest absolute Gasteiger partial charge is 0.435 e. The lowest BCUT2D eigenvalue weighted by Gasteiger charge is -2.26. The topological polar surface area (TPSA) is 29.3 Å². The van der Waals surface area contributed by atoms with Crippen LogP contribution in [0.25, 0.3) is 66.4 Å². The van der Waals surface area contributed by atoms with Crippen molar-refractivity contribution in [3.8, 4) is 33.7 Å². The van der Waals surface area contributed by atoms with Crippen LogP contribution in [0.2, 0.25) is 0 Å². The van der Waals surface area contributed by atoms with Crippen LogP contribution in [0.4, 0.5) is 17.1 Å². The van der Waals surface area contributed by atoms with Crippen molar-refractivity contribution < 1.29 is 4.42 Å². The summed E-state index contributed by atoms with van der Waals surface area (Å²) in [5.41, 5.74) is 10.6. The molecular formula is C45H30N2O. The molecule has 0 saturated carbocycles. The molecule has 48 heavy (non-hydrogen) atoms. The minimum Gasteiger partial charge on any atom is -0.435 e. The Morgan fingerprint density at radius 1 is 0.375 bits per heavy atom. The molecule has 0 radical (unpaired) electrons. The fourth-order valence-electron chi connectivity index (χ4n) is 6.59. The minimum atomic E-state index is 0.635. The van der Waals surface area contributed by atoms with E-state index in [9.17, 15) is 0 Å². The number of para-hydroxylation sites is 1. The van der Waals surface area contributed by atoms with Gasteiger partial charge in [0.1, 0.15) is 5.52 Å². The highest BCUT2D eigenvalue weighted by atomic mass is 16.3. The Kier molecular flexibility index (Phi) is 6.80. The molecule has 8 aromatic carbocycles. The summed E-state index contributed by atoms with van der Waals surface area (Å²) >= 11 is 0. The van der Waals surface area contributed by atoms with Crippen LogP contribution >= 0.6 is 0 Å². The van der Waals surface area contributed by atoms with Crippen molar-refractivity contribution in [1.82, 2.24) is 4.98 Å². The van der Waals surface area contributed by atoms with Crippen LogP contribution in [0, 0.1) is 0 Å². The number of oxazole rings is 1. The van der Waals surface area contributed by atoms with Crippen LogP contribution in [0.1, 0.15) is 0 Å². The summed E-state index contributed by atoms with van der Waals surface area (Å²) in [6.45, 7) is 0. The summed E-state index contributed by atoms with van der Waals surface area (Å²) < 4.78 is 6.47. The van der Waals surface area contributed by atoms with Gasteiger partial charge in [0.05, 0.1) is 0 Å². The first-order valence-corrected chi connectivity index (χ1v) is 16.2. The molecule has 0 aliphatic rings. The van der Waals surface area contributed by atoms with Gasteiger partial charge in [-0.3, -0.25) is 0 Å². The van der Waals surface area contributed by atoms with E-state index in [1.165, 1.54) is 21.9 Å². The fraction of sp³-hybridized carbons (Fsp3) is 0.